The van der Waals surface area contributed by atoms with E-state index in [0.717, 1.165) is 24.2 Å². The minimum atomic E-state index is -1.05. The number of carbonyl (C=O) groups excluding carboxylic acids is 3. The van der Waals surface area contributed by atoms with E-state index in [9.17, 15) is 14.4 Å². The second-order valence-corrected chi connectivity index (χ2v) is 6.24. The molecule has 1 aromatic carbocycles. The van der Waals surface area contributed by atoms with E-state index in [0.29, 0.717) is 12.8 Å². The van der Waals surface area contributed by atoms with Crippen molar-refractivity contribution >= 4 is 29.5 Å². The van der Waals surface area contributed by atoms with E-state index in [2.05, 4.69) is 5.32 Å². The summed E-state index contributed by atoms with van der Waals surface area (Å²) >= 11 is 0. The maximum atomic E-state index is 12.1. The Morgan fingerprint density at radius 1 is 1.32 bits per heavy atom. The Hall–Kier alpha value is -2.63. The van der Waals surface area contributed by atoms with E-state index in [1.807, 2.05) is 24.3 Å². The van der Waals surface area contributed by atoms with Gasteiger partial charge in [0.1, 0.15) is 5.54 Å². The molecule has 0 bridgehead atoms. The number of methoxy groups -OCH3 is 1. The summed E-state index contributed by atoms with van der Waals surface area (Å²) in [6.07, 6.45) is 4.96. The molecule has 1 aliphatic heterocycles. The van der Waals surface area contributed by atoms with E-state index in [1.165, 1.54) is 13.2 Å². The monoisotopic (exact) mass is 344 g/mol. The highest BCUT2D eigenvalue weighted by Crippen LogP contribution is 2.22. The molecule has 1 atom stereocenters. The average molecular weight is 344 g/mol. The molecule has 2 amide bonds. The van der Waals surface area contributed by atoms with Gasteiger partial charge in [-0.25, -0.2) is 4.79 Å². The number of nitrogens with zero attached hydrogens (tertiary/aromatic N) is 1. The van der Waals surface area contributed by atoms with Crippen molar-refractivity contribution < 1.29 is 19.1 Å². The number of amides is 2. The van der Waals surface area contributed by atoms with Crippen LogP contribution in [-0.4, -0.2) is 37.0 Å². The summed E-state index contributed by atoms with van der Waals surface area (Å²) in [6, 6.07) is 7.44. The zero-order chi connectivity index (χ0) is 18.4. The summed E-state index contributed by atoms with van der Waals surface area (Å²) in [7, 11) is 1.30. The molecule has 6 heteroatoms. The average Bonchev–Trinajstić information content (AvgIpc) is 3.05. The van der Waals surface area contributed by atoms with Crippen LogP contribution in [-0.2, 0) is 19.1 Å². The molecule has 1 aromatic rings. The smallest absolute Gasteiger partial charge is 0.331 e. The van der Waals surface area contributed by atoms with Crippen LogP contribution in [0.3, 0.4) is 0 Å². The van der Waals surface area contributed by atoms with Gasteiger partial charge in [-0.1, -0.05) is 19.1 Å². The standard InChI is InChI=1S/C19H24N2O4/c1-4-19(2,18(24)25-3)20-16(22)12-9-14-7-10-15(11-8-14)21-13-5-6-17(21)23/h7-12H,4-6,13H2,1-3H3,(H,20,22)/b12-9+. The third-order valence-electron chi connectivity index (χ3n) is 4.45. The Morgan fingerprint density at radius 3 is 2.52 bits per heavy atom. The molecule has 1 fully saturated rings. The summed E-state index contributed by atoms with van der Waals surface area (Å²) in [4.78, 5) is 37.3. The lowest BCUT2D eigenvalue weighted by atomic mass is 9.99. The molecule has 25 heavy (non-hydrogen) atoms. The van der Waals surface area contributed by atoms with Gasteiger partial charge in [0.25, 0.3) is 0 Å². The molecule has 0 saturated carbocycles. The van der Waals surface area contributed by atoms with Crippen molar-refractivity contribution in [1.29, 1.82) is 0 Å². The molecule has 1 saturated heterocycles. The van der Waals surface area contributed by atoms with Crippen molar-refractivity contribution in [3.8, 4) is 0 Å². The molecule has 0 spiro atoms. The van der Waals surface area contributed by atoms with Crippen LogP contribution in [0.15, 0.2) is 30.3 Å². The van der Waals surface area contributed by atoms with Gasteiger partial charge in [-0.05, 0) is 43.5 Å². The second-order valence-electron chi connectivity index (χ2n) is 6.24. The molecule has 2 rings (SSSR count). The van der Waals surface area contributed by atoms with Crippen LogP contribution in [0.1, 0.15) is 38.7 Å². The number of anilines is 1. The fraction of sp³-hybridized carbons (Fsp3) is 0.421. The van der Waals surface area contributed by atoms with Crippen LogP contribution in [0.25, 0.3) is 6.08 Å². The van der Waals surface area contributed by atoms with Crippen LogP contribution in [0.5, 0.6) is 0 Å². The summed E-state index contributed by atoms with van der Waals surface area (Å²) < 4.78 is 4.73. The van der Waals surface area contributed by atoms with Crippen LogP contribution in [0.4, 0.5) is 5.69 Å². The van der Waals surface area contributed by atoms with Crippen molar-refractivity contribution in [1.82, 2.24) is 5.32 Å². The van der Waals surface area contributed by atoms with E-state index in [1.54, 1.807) is 24.8 Å². The molecule has 6 nitrogen and oxygen atoms in total. The second kappa shape index (κ2) is 7.96. The largest absolute Gasteiger partial charge is 0.467 e. The van der Waals surface area contributed by atoms with Gasteiger partial charge in [-0.2, -0.15) is 0 Å². The Bertz CT molecular complexity index is 681. The summed E-state index contributed by atoms with van der Waals surface area (Å²) in [5.41, 5.74) is 0.658. The number of hydrogen-bond donors (Lipinski definition) is 1. The van der Waals surface area contributed by atoms with Crippen LogP contribution < -0.4 is 10.2 Å². The summed E-state index contributed by atoms with van der Waals surface area (Å²) in [5.74, 6) is -0.700. The molecule has 0 aliphatic carbocycles. The Labute approximate surface area is 147 Å². The maximum Gasteiger partial charge on any atom is 0.331 e. The molecule has 0 radical (unpaired) electrons. The predicted octanol–water partition coefficient (Wildman–Crippen LogP) is 2.28. The number of hydrogen-bond acceptors (Lipinski definition) is 4. The van der Waals surface area contributed by atoms with Gasteiger partial charge < -0.3 is 15.0 Å². The first-order chi connectivity index (χ1) is 11.9. The molecular formula is C19H24N2O4. The Kier molecular flexibility index (Phi) is 5.96. The molecule has 134 valence electrons. The van der Waals surface area contributed by atoms with Crippen LogP contribution in [0, 0.1) is 0 Å². The number of nitrogens with one attached hydrogen (secondary N) is 1. The van der Waals surface area contributed by atoms with Crippen molar-refractivity contribution in [3.05, 3.63) is 35.9 Å². The fourth-order valence-corrected chi connectivity index (χ4v) is 2.68. The lowest BCUT2D eigenvalue weighted by Gasteiger charge is -2.25. The summed E-state index contributed by atoms with van der Waals surface area (Å²) in [6.45, 7) is 4.19. The van der Waals surface area contributed by atoms with Crippen LogP contribution >= 0.6 is 0 Å². The first-order valence-corrected chi connectivity index (χ1v) is 8.38. The molecular weight excluding hydrogens is 320 g/mol. The first kappa shape index (κ1) is 18.7. The Morgan fingerprint density at radius 2 is 2.00 bits per heavy atom. The molecule has 1 N–H and O–H groups in total. The van der Waals surface area contributed by atoms with E-state index in [-0.39, 0.29) is 11.8 Å². The van der Waals surface area contributed by atoms with Crippen molar-refractivity contribution in [2.24, 2.45) is 0 Å². The molecule has 1 heterocycles. The van der Waals surface area contributed by atoms with Gasteiger partial charge in [0.15, 0.2) is 0 Å². The number of ether oxygens (including phenoxy) is 1. The third kappa shape index (κ3) is 4.47. The minimum absolute atomic E-state index is 0.143. The number of rotatable bonds is 6. The number of carbonyl (C=O) groups is 3. The molecule has 0 aromatic heterocycles. The van der Waals surface area contributed by atoms with Gasteiger partial charge in [0.05, 0.1) is 7.11 Å². The fourth-order valence-electron chi connectivity index (χ4n) is 2.68. The van der Waals surface area contributed by atoms with Gasteiger partial charge in [0.2, 0.25) is 11.8 Å². The normalized spacial score (nSPS) is 16.8. The first-order valence-electron chi connectivity index (χ1n) is 8.38. The SMILES string of the molecule is CCC(C)(NC(=O)/C=C/c1ccc(N2CCCC2=O)cc1)C(=O)OC. The number of esters is 1. The third-order valence-corrected chi connectivity index (χ3v) is 4.45. The molecule has 1 unspecified atom stereocenters. The highest BCUT2D eigenvalue weighted by Gasteiger charge is 2.33. The van der Waals surface area contributed by atoms with Gasteiger partial charge in [-0.15, -0.1) is 0 Å². The highest BCUT2D eigenvalue weighted by atomic mass is 16.5. The number of benzene rings is 1. The van der Waals surface area contributed by atoms with E-state index < -0.39 is 11.5 Å². The van der Waals surface area contributed by atoms with E-state index in [4.69, 9.17) is 4.74 Å². The van der Waals surface area contributed by atoms with Gasteiger partial charge in [-0.3, -0.25) is 9.59 Å². The molecule has 1 aliphatic rings. The topological polar surface area (TPSA) is 75.7 Å². The minimum Gasteiger partial charge on any atom is -0.467 e. The van der Waals surface area contributed by atoms with Crippen molar-refractivity contribution in [2.45, 2.75) is 38.6 Å². The van der Waals surface area contributed by atoms with Crippen molar-refractivity contribution in [2.75, 3.05) is 18.6 Å². The summed E-state index contributed by atoms with van der Waals surface area (Å²) in [5, 5.41) is 2.67. The van der Waals surface area contributed by atoms with E-state index >= 15 is 0 Å². The maximum absolute atomic E-state index is 12.1. The van der Waals surface area contributed by atoms with Crippen LogP contribution in [0.2, 0.25) is 0 Å². The highest BCUT2D eigenvalue weighted by molar-refractivity contribution is 5.97. The Balaban J connectivity index is 2.00. The lowest BCUT2D eigenvalue weighted by molar-refractivity contribution is -0.149. The van der Waals surface area contributed by atoms with Gasteiger partial charge in [0, 0.05) is 24.7 Å². The predicted molar refractivity (Wildman–Crippen MR) is 95.9 cm³/mol. The van der Waals surface area contributed by atoms with Crippen molar-refractivity contribution in [3.63, 3.8) is 0 Å². The lowest BCUT2D eigenvalue weighted by Crippen LogP contribution is -2.51. The zero-order valence-corrected chi connectivity index (χ0v) is 14.9. The zero-order valence-electron chi connectivity index (χ0n) is 14.9. The van der Waals surface area contributed by atoms with Gasteiger partial charge >= 0.3 is 5.97 Å². The quantitative estimate of drug-likeness (QED) is 0.634.